The van der Waals surface area contributed by atoms with E-state index in [1.165, 1.54) is 5.56 Å². The largest absolute Gasteiger partial charge is 0.380 e. The molecule has 4 nitrogen and oxygen atoms in total. The summed E-state index contributed by atoms with van der Waals surface area (Å²) in [5.74, 6) is 1.19. The Bertz CT molecular complexity index is 661. The van der Waals surface area contributed by atoms with Gasteiger partial charge in [-0.05, 0) is 41.4 Å². The second kappa shape index (κ2) is 5.24. The first-order chi connectivity index (χ1) is 9.33. The average molecular weight is 271 g/mol. The molecule has 0 saturated carbocycles. The van der Waals surface area contributed by atoms with E-state index in [9.17, 15) is 0 Å². The minimum absolute atomic E-state index is 0.547. The van der Waals surface area contributed by atoms with Gasteiger partial charge in [0.1, 0.15) is 0 Å². The molecular weight excluding hydrogens is 258 g/mol. The highest BCUT2D eigenvalue weighted by atomic mass is 32.1. The molecule has 0 aliphatic heterocycles. The maximum absolute atomic E-state index is 5.23. The Hall–Kier alpha value is -2.14. The van der Waals surface area contributed by atoms with E-state index in [2.05, 4.69) is 32.3 Å². The van der Waals surface area contributed by atoms with Crippen molar-refractivity contribution in [3.8, 4) is 11.5 Å². The summed E-state index contributed by atoms with van der Waals surface area (Å²) in [5, 5.41) is 11.4. The monoisotopic (exact) mass is 271 g/mol. The van der Waals surface area contributed by atoms with Crippen molar-refractivity contribution in [3.63, 3.8) is 0 Å². The third-order valence-electron chi connectivity index (χ3n) is 2.75. The summed E-state index contributed by atoms with van der Waals surface area (Å²) in [7, 11) is 0. The summed E-state index contributed by atoms with van der Waals surface area (Å²) in [5.41, 5.74) is 3.19. The SMILES string of the molecule is Cc1noc(-c2ccccc2NCc2ccsc2)n1. The molecule has 0 unspecified atom stereocenters. The minimum atomic E-state index is 0.547. The van der Waals surface area contributed by atoms with Gasteiger partial charge in [0, 0.05) is 12.2 Å². The van der Waals surface area contributed by atoms with Crippen molar-refractivity contribution < 1.29 is 4.52 Å². The van der Waals surface area contributed by atoms with Crippen LogP contribution in [0.25, 0.3) is 11.5 Å². The maximum atomic E-state index is 5.23. The summed E-state index contributed by atoms with van der Waals surface area (Å²) in [6.07, 6.45) is 0. The number of para-hydroxylation sites is 1. The van der Waals surface area contributed by atoms with Crippen LogP contribution in [0.2, 0.25) is 0 Å². The zero-order valence-electron chi connectivity index (χ0n) is 10.5. The molecule has 96 valence electrons. The number of hydrogen-bond donors (Lipinski definition) is 1. The van der Waals surface area contributed by atoms with Crippen molar-refractivity contribution in [2.75, 3.05) is 5.32 Å². The Morgan fingerprint density at radius 1 is 1.26 bits per heavy atom. The fourth-order valence-electron chi connectivity index (χ4n) is 1.82. The number of hydrogen-bond acceptors (Lipinski definition) is 5. The molecule has 0 radical (unpaired) electrons. The van der Waals surface area contributed by atoms with Gasteiger partial charge in [-0.25, -0.2) is 0 Å². The smallest absolute Gasteiger partial charge is 0.260 e. The predicted molar refractivity (Wildman–Crippen MR) is 76.1 cm³/mol. The molecule has 0 spiro atoms. The molecule has 5 heteroatoms. The lowest BCUT2D eigenvalue weighted by Crippen LogP contribution is -1.99. The molecule has 0 atom stereocenters. The van der Waals surface area contributed by atoms with Gasteiger partial charge in [-0.3, -0.25) is 0 Å². The molecule has 3 aromatic rings. The molecule has 0 aliphatic rings. The van der Waals surface area contributed by atoms with Crippen LogP contribution >= 0.6 is 11.3 Å². The van der Waals surface area contributed by atoms with Crippen LogP contribution in [0.3, 0.4) is 0 Å². The number of rotatable bonds is 4. The Kier molecular flexibility index (Phi) is 3.29. The van der Waals surface area contributed by atoms with E-state index < -0.39 is 0 Å². The maximum Gasteiger partial charge on any atom is 0.260 e. The van der Waals surface area contributed by atoms with E-state index in [1.54, 1.807) is 11.3 Å². The van der Waals surface area contributed by atoms with Crippen molar-refractivity contribution in [2.45, 2.75) is 13.5 Å². The second-order valence-corrected chi connectivity index (χ2v) is 4.96. The number of aromatic nitrogens is 2. The van der Waals surface area contributed by atoms with Crippen LogP contribution in [0, 0.1) is 6.92 Å². The van der Waals surface area contributed by atoms with Gasteiger partial charge in [0.25, 0.3) is 5.89 Å². The molecule has 19 heavy (non-hydrogen) atoms. The van der Waals surface area contributed by atoms with Gasteiger partial charge in [-0.15, -0.1) is 0 Å². The number of anilines is 1. The lowest BCUT2D eigenvalue weighted by molar-refractivity contribution is 0.426. The van der Waals surface area contributed by atoms with E-state index in [0.29, 0.717) is 11.7 Å². The minimum Gasteiger partial charge on any atom is -0.380 e. The highest BCUT2D eigenvalue weighted by Gasteiger charge is 2.10. The molecule has 1 N–H and O–H groups in total. The molecule has 3 rings (SSSR count). The van der Waals surface area contributed by atoms with E-state index >= 15 is 0 Å². The lowest BCUT2D eigenvalue weighted by atomic mass is 10.1. The molecule has 0 saturated heterocycles. The summed E-state index contributed by atoms with van der Waals surface area (Å²) >= 11 is 1.70. The first kappa shape index (κ1) is 11.9. The number of thiophene rings is 1. The molecule has 0 bridgehead atoms. The first-order valence-corrected chi connectivity index (χ1v) is 6.92. The van der Waals surface area contributed by atoms with Gasteiger partial charge in [-0.1, -0.05) is 17.3 Å². The summed E-state index contributed by atoms with van der Waals surface area (Å²) < 4.78 is 5.23. The summed E-state index contributed by atoms with van der Waals surface area (Å²) in [6.45, 7) is 2.60. The third-order valence-corrected chi connectivity index (χ3v) is 3.48. The zero-order valence-corrected chi connectivity index (χ0v) is 11.3. The van der Waals surface area contributed by atoms with E-state index in [1.807, 2.05) is 31.2 Å². The highest BCUT2D eigenvalue weighted by molar-refractivity contribution is 7.07. The molecular formula is C14H13N3OS. The van der Waals surface area contributed by atoms with Crippen LogP contribution in [-0.2, 0) is 6.54 Å². The van der Waals surface area contributed by atoms with Crippen molar-refractivity contribution in [1.29, 1.82) is 0 Å². The third kappa shape index (κ3) is 2.66. The predicted octanol–water partition coefficient (Wildman–Crippen LogP) is 3.72. The number of benzene rings is 1. The zero-order chi connectivity index (χ0) is 13.1. The first-order valence-electron chi connectivity index (χ1n) is 5.97. The van der Waals surface area contributed by atoms with Gasteiger partial charge in [0.15, 0.2) is 5.82 Å². The molecule has 0 fully saturated rings. The normalized spacial score (nSPS) is 10.6. The Balaban J connectivity index is 1.85. The number of aryl methyl sites for hydroxylation is 1. The fourth-order valence-corrected chi connectivity index (χ4v) is 2.49. The molecule has 2 aromatic heterocycles. The number of nitrogens with zero attached hydrogens (tertiary/aromatic N) is 2. The topological polar surface area (TPSA) is 51.0 Å². The van der Waals surface area contributed by atoms with Crippen LogP contribution in [0.15, 0.2) is 45.6 Å². The van der Waals surface area contributed by atoms with Crippen LogP contribution in [0.5, 0.6) is 0 Å². The standard InChI is InChI=1S/C14H13N3OS/c1-10-16-14(18-17-10)12-4-2-3-5-13(12)15-8-11-6-7-19-9-11/h2-7,9,15H,8H2,1H3. The van der Waals surface area contributed by atoms with Crippen molar-refractivity contribution in [1.82, 2.24) is 10.1 Å². The summed E-state index contributed by atoms with van der Waals surface area (Å²) in [4.78, 5) is 4.27. The molecule has 1 aromatic carbocycles. The molecule has 0 aliphatic carbocycles. The van der Waals surface area contributed by atoms with E-state index in [-0.39, 0.29) is 0 Å². The van der Waals surface area contributed by atoms with Gasteiger partial charge in [-0.2, -0.15) is 16.3 Å². The molecule has 2 heterocycles. The Morgan fingerprint density at radius 2 is 2.16 bits per heavy atom. The second-order valence-electron chi connectivity index (χ2n) is 4.18. The van der Waals surface area contributed by atoms with Crippen molar-refractivity contribution >= 4 is 17.0 Å². The van der Waals surface area contributed by atoms with Crippen LogP contribution < -0.4 is 5.32 Å². The van der Waals surface area contributed by atoms with Crippen molar-refractivity contribution in [3.05, 3.63) is 52.5 Å². The van der Waals surface area contributed by atoms with Gasteiger partial charge >= 0.3 is 0 Å². The van der Waals surface area contributed by atoms with Crippen molar-refractivity contribution in [2.24, 2.45) is 0 Å². The van der Waals surface area contributed by atoms with E-state index in [4.69, 9.17) is 4.52 Å². The van der Waals surface area contributed by atoms with Crippen LogP contribution in [0.4, 0.5) is 5.69 Å². The van der Waals surface area contributed by atoms with Crippen LogP contribution in [0.1, 0.15) is 11.4 Å². The van der Waals surface area contributed by atoms with Gasteiger partial charge < -0.3 is 9.84 Å². The Morgan fingerprint density at radius 3 is 2.89 bits per heavy atom. The van der Waals surface area contributed by atoms with Gasteiger partial charge in [0.2, 0.25) is 0 Å². The highest BCUT2D eigenvalue weighted by Crippen LogP contribution is 2.26. The number of nitrogens with one attached hydrogen (secondary N) is 1. The lowest BCUT2D eigenvalue weighted by Gasteiger charge is -2.08. The molecule has 0 amide bonds. The quantitative estimate of drug-likeness (QED) is 0.785. The van der Waals surface area contributed by atoms with Gasteiger partial charge in [0.05, 0.1) is 5.56 Å². The summed E-state index contributed by atoms with van der Waals surface area (Å²) in [6, 6.07) is 10.1. The Labute approximate surface area is 115 Å². The van der Waals surface area contributed by atoms with E-state index in [0.717, 1.165) is 17.8 Å². The average Bonchev–Trinajstić information content (AvgIpc) is 3.08. The fraction of sp³-hybridized carbons (Fsp3) is 0.143. The van der Waals surface area contributed by atoms with Crippen LogP contribution in [-0.4, -0.2) is 10.1 Å².